The topological polar surface area (TPSA) is 97.5 Å². The van der Waals surface area contributed by atoms with Gasteiger partial charge in [0.05, 0.1) is 0 Å². The Balaban J connectivity index is 1.71. The van der Waals surface area contributed by atoms with Crippen LogP contribution in [0.25, 0.3) is 5.00 Å². The molecule has 2 aromatic heterocycles. The molecule has 1 aliphatic rings. The quantitative estimate of drug-likeness (QED) is 0.487. The number of benzene rings is 1. The van der Waals surface area contributed by atoms with Gasteiger partial charge in [0.2, 0.25) is 0 Å². The average Bonchev–Trinajstić information content (AvgIpc) is 3.42. The standard InChI is InChI=1S/C21H25N5O4S2/c1-23(2)32(29,30)24-12-6-10-17(14-24)20-22-25(15-18(27)16-8-4-3-5-9-16)21(28)26(20)19-11-7-13-31-19/h3-5,7-9,11,13,17H,6,10,12,14-15H2,1-2H3. The molecule has 0 aliphatic carbocycles. The van der Waals surface area contributed by atoms with Gasteiger partial charge in [-0.3, -0.25) is 4.79 Å². The van der Waals surface area contributed by atoms with E-state index >= 15 is 0 Å². The molecule has 1 saturated heterocycles. The summed E-state index contributed by atoms with van der Waals surface area (Å²) in [6.45, 7) is 0.475. The number of carbonyl (C=O) groups is 1. The summed E-state index contributed by atoms with van der Waals surface area (Å²) in [6, 6.07) is 12.4. The third-order valence-electron chi connectivity index (χ3n) is 5.52. The molecule has 3 aromatic rings. The van der Waals surface area contributed by atoms with Gasteiger partial charge in [-0.05, 0) is 30.4 Å². The van der Waals surface area contributed by atoms with Crippen molar-refractivity contribution in [2.45, 2.75) is 25.3 Å². The maximum Gasteiger partial charge on any atom is 0.351 e. The second-order valence-corrected chi connectivity index (χ2v) is 10.9. The van der Waals surface area contributed by atoms with E-state index in [1.54, 1.807) is 24.3 Å². The highest BCUT2D eigenvalue weighted by molar-refractivity contribution is 7.86. The minimum Gasteiger partial charge on any atom is -0.292 e. The van der Waals surface area contributed by atoms with Crippen molar-refractivity contribution in [3.63, 3.8) is 0 Å². The van der Waals surface area contributed by atoms with Gasteiger partial charge in [0, 0.05) is 38.7 Å². The van der Waals surface area contributed by atoms with Crippen LogP contribution in [-0.4, -0.2) is 64.3 Å². The normalized spacial score (nSPS) is 17.7. The number of aromatic nitrogens is 3. The largest absolute Gasteiger partial charge is 0.351 e. The van der Waals surface area contributed by atoms with E-state index in [1.807, 2.05) is 23.6 Å². The Kier molecular flexibility index (Phi) is 6.42. The molecular formula is C21H25N5O4S2. The molecule has 9 nitrogen and oxygen atoms in total. The zero-order valence-electron chi connectivity index (χ0n) is 17.9. The van der Waals surface area contributed by atoms with Gasteiger partial charge in [-0.25, -0.2) is 14.0 Å². The van der Waals surface area contributed by atoms with Crippen molar-refractivity contribution in [3.8, 4) is 5.00 Å². The predicted octanol–water partition coefficient (Wildman–Crippen LogP) is 1.96. The number of ketones is 1. The van der Waals surface area contributed by atoms with Crippen molar-refractivity contribution in [3.05, 3.63) is 69.7 Å². The maximum atomic E-state index is 13.3. The molecule has 0 radical (unpaired) electrons. The molecule has 1 aromatic carbocycles. The number of thiophene rings is 1. The van der Waals surface area contributed by atoms with Crippen LogP contribution in [0.3, 0.4) is 0 Å². The fraction of sp³-hybridized carbons (Fsp3) is 0.381. The molecule has 0 N–H and O–H groups in total. The van der Waals surface area contributed by atoms with Gasteiger partial charge in [0.1, 0.15) is 17.4 Å². The SMILES string of the molecule is CN(C)S(=O)(=O)N1CCCC(c2nn(CC(=O)c3ccccc3)c(=O)n2-c2cccs2)C1. The molecule has 0 saturated carbocycles. The minimum atomic E-state index is -3.57. The Morgan fingerprint density at radius 1 is 1.19 bits per heavy atom. The van der Waals surface area contributed by atoms with Crippen molar-refractivity contribution in [2.75, 3.05) is 27.2 Å². The number of piperidine rings is 1. The van der Waals surface area contributed by atoms with Crippen molar-refractivity contribution < 1.29 is 13.2 Å². The fourth-order valence-corrected chi connectivity index (χ4v) is 5.76. The molecule has 0 spiro atoms. The third-order valence-corrected chi connectivity index (χ3v) is 8.28. The summed E-state index contributed by atoms with van der Waals surface area (Å²) in [6.07, 6.45) is 1.36. The number of rotatable bonds is 7. The van der Waals surface area contributed by atoms with Gasteiger partial charge >= 0.3 is 5.69 Å². The summed E-state index contributed by atoms with van der Waals surface area (Å²) in [5, 5.41) is 7.09. The number of carbonyl (C=O) groups excluding carboxylic acids is 1. The zero-order chi connectivity index (χ0) is 22.9. The van der Waals surface area contributed by atoms with Crippen molar-refractivity contribution >= 4 is 27.3 Å². The van der Waals surface area contributed by atoms with Crippen LogP contribution in [0, 0.1) is 0 Å². The lowest BCUT2D eigenvalue weighted by molar-refractivity contribution is 0.0966. The van der Waals surface area contributed by atoms with E-state index in [1.165, 1.54) is 43.3 Å². The molecule has 1 unspecified atom stereocenters. The Labute approximate surface area is 190 Å². The van der Waals surface area contributed by atoms with Crippen LogP contribution in [0.5, 0.6) is 0 Å². The first kappa shape index (κ1) is 22.6. The Morgan fingerprint density at radius 2 is 1.94 bits per heavy atom. The van der Waals surface area contributed by atoms with E-state index < -0.39 is 15.9 Å². The number of hydrogen-bond donors (Lipinski definition) is 0. The first-order valence-electron chi connectivity index (χ1n) is 10.3. The minimum absolute atomic E-state index is 0.180. The van der Waals surface area contributed by atoms with E-state index in [4.69, 9.17) is 0 Å². The summed E-state index contributed by atoms with van der Waals surface area (Å²) >= 11 is 1.39. The van der Waals surface area contributed by atoms with Gasteiger partial charge in [-0.2, -0.15) is 22.1 Å². The van der Waals surface area contributed by atoms with E-state index in [9.17, 15) is 18.0 Å². The lowest BCUT2D eigenvalue weighted by Crippen LogP contribution is -2.45. The molecule has 170 valence electrons. The number of Topliss-reactive ketones (excluding diaryl/α,β-unsaturated/α-hetero) is 1. The van der Waals surface area contributed by atoms with Crippen LogP contribution in [0.15, 0.2) is 52.6 Å². The van der Waals surface area contributed by atoms with Crippen molar-refractivity contribution in [2.24, 2.45) is 0 Å². The summed E-state index contributed by atoms with van der Waals surface area (Å²) in [5.74, 6) is 0.00820. The van der Waals surface area contributed by atoms with Crippen LogP contribution in [0.4, 0.5) is 0 Å². The Bertz CT molecular complexity index is 1250. The smallest absolute Gasteiger partial charge is 0.292 e. The molecule has 1 aliphatic heterocycles. The monoisotopic (exact) mass is 475 g/mol. The average molecular weight is 476 g/mol. The number of nitrogens with zero attached hydrogens (tertiary/aromatic N) is 5. The highest BCUT2D eigenvalue weighted by Crippen LogP contribution is 2.29. The van der Waals surface area contributed by atoms with Crippen LogP contribution in [0.1, 0.15) is 34.9 Å². The summed E-state index contributed by atoms with van der Waals surface area (Å²) < 4.78 is 30.7. The zero-order valence-corrected chi connectivity index (χ0v) is 19.6. The van der Waals surface area contributed by atoms with Crippen LogP contribution in [0.2, 0.25) is 0 Å². The second-order valence-electron chi connectivity index (χ2n) is 7.86. The lowest BCUT2D eigenvalue weighted by Gasteiger charge is -2.32. The van der Waals surface area contributed by atoms with Crippen LogP contribution in [-0.2, 0) is 16.8 Å². The fourth-order valence-electron chi connectivity index (χ4n) is 3.84. The number of hydrogen-bond acceptors (Lipinski definition) is 6. The van der Waals surface area contributed by atoms with Crippen LogP contribution >= 0.6 is 11.3 Å². The first-order valence-corrected chi connectivity index (χ1v) is 12.6. The Morgan fingerprint density at radius 3 is 2.59 bits per heavy atom. The molecule has 11 heteroatoms. The molecular weight excluding hydrogens is 450 g/mol. The maximum absolute atomic E-state index is 13.3. The first-order chi connectivity index (χ1) is 15.3. The van der Waals surface area contributed by atoms with E-state index in [2.05, 4.69) is 5.10 Å². The lowest BCUT2D eigenvalue weighted by atomic mass is 9.99. The predicted molar refractivity (Wildman–Crippen MR) is 123 cm³/mol. The van der Waals surface area contributed by atoms with Crippen molar-refractivity contribution in [1.29, 1.82) is 0 Å². The Hall–Kier alpha value is -2.60. The summed E-state index contributed by atoms with van der Waals surface area (Å²) in [4.78, 5) is 26.0. The molecule has 4 rings (SSSR count). The van der Waals surface area contributed by atoms with Gasteiger partial charge in [-0.15, -0.1) is 11.3 Å². The van der Waals surface area contributed by atoms with Gasteiger partial charge in [-0.1, -0.05) is 30.3 Å². The van der Waals surface area contributed by atoms with E-state index in [0.29, 0.717) is 35.8 Å². The van der Waals surface area contributed by atoms with Gasteiger partial charge in [0.25, 0.3) is 10.2 Å². The third kappa shape index (κ3) is 4.33. The molecule has 0 amide bonds. The van der Waals surface area contributed by atoms with E-state index in [0.717, 1.165) is 0 Å². The van der Waals surface area contributed by atoms with E-state index in [-0.39, 0.29) is 24.8 Å². The molecule has 3 heterocycles. The van der Waals surface area contributed by atoms with Gasteiger partial charge in [0.15, 0.2) is 5.78 Å². The molecule has 1 fully saturated rings. The molecule has 32 heavy (non-hydrogen) atoms. The van der Waals surface area contributed by atoms with Gasteiger partial charge < -0.3 is 0 Å². The molecule has 0 bridgehead atoms. The van der Waals surface area contributed by atoms with Crippen molar-refractivity contribution in [1.82, 2.24) is 23.0 Å². The summed E-state index contributed by atoms with van der Waals surface area (Å²) in [7, 11) is -0.564. The second kappa shape index (κ2) is 9.10. The summed E-state index contributed by atoms with van der Waals surface area (Å²) in [5.41, 5.74) is 0.104. The van der Waals surface area contributed by atoms with Crippen LogP contribution < -0.4 is 5.69 Å². The molecule has 1 atom stereocenters. The highest BCUT2D eigenvalue weighted by atomic mass is 32.2. The highest BCUT2D eigenvalue weighted by Gasteiger charge is 2.34.